The fourth-order valence-electron chi connectivity index (χ4n) is 3.59. The van der Waals surface area contributed by atoms with Crippen LogP contribution in [0.25, 0.3) is 16.9 Å². The summed E-state index contributed by atoms with van der Waals surface area (Å²) in [5.41, 5.74) is 1.30. The second kappa shape index (κ2) is 10.1. The van der Waals surface area contributed by atoms with E-state index in [0.717, 1.165) is 6.07 Å². The first-order valence-corrected chi connectivity index (χ1v) is 10.8. The number of pyridine rings is 1. The van der Waals surface area contributed by atoms with Crippen LogP contribution < -0.4 is 20.1 Å². The van der Waals surface area contributed by atoms with Crippen LogP contribution in [-0.4, -0.2) is 44.9 Å². The van der Waals surface area contributed by atoms with Crippen LogP contribution in [0, 0.1) is 6.92 Å². The second-order valence-electron chi connectivity index (χ2n) is 7.76. The zero-order valence-corrected chi connectivity index (χ0v) is 19.8. The van der Waals surface area contributed by atoms with Gasteiger partial charge in [-0.25, -0.2) is 9.50 Å². The van der Waals surface area contributed by atoms with Crippen LogP contribution >= 0.6 is 0 Å². The second-order valence-corrected chi connectivity index (χ2v) is 7.76. The van der Waals surface area contributed by atoms with Crippen molar-refractivity contribution in [2.75, 3.05) is 12.4 Å². The van der Waals surface area contributed by atoms with Gasteiger partial charge >= 0.3 is 6.36 Å². The Labute approximate surface area is 209 Å². The van der Waals surface area contributed by atoms with Crippen molar-refractivity contribution in [2.45, 2.75) is 26.8 Å². The van der Waals surface area contributed by atoms with E-state index in [2.05, 4.69) is 30.4 Å². The Balaban J connectivity index is 1.69. The Hall–Kier alpha value is -4.68. The first kappa shape index (κ1) is 24.0. The SMILES string of the molecule is [2H]c1nc(C)c(-c2ccc3nc(NC(C)=O)cn3n2)c(OC)c1C(=O)NCc1ccccc1OC(F)(F)F. The predicted octanol–water partition coefficient (Wildman–Crippen LogP) is 3.90. The van der Waals surface area contributed by atoms with Crippen molar-refractivity contribution in [1.82, 2.24) is 24.9 Å². The average Bonchev–Trinajstić information content (AvgIpc) is 3.22. The lowest BCUT2D eigenvalue weighted by Crippen LogP contribution is -2.25. The van der Waals surface area contributed by atoms with Gasteiger partial charge in [0.05, 0.1) is 31.6 Å². The molecule has 10 nitrogen and oxygen atoms in total. The van der Waals surface area contributed by atoms with E-state index >= 15 is 0 Å². The van der Waals surface area contributed by atoms with Crippen LogP contribution in [0.4, 0.5) is 19.0 Å². The monoisotopic (exact) mass is 515 g/mol. The predicted molar refractivity (Wildman–Crippen MR) is 126 cm³/mol. The molecule has 0 saturated carbocycles. The molecule has 4 rings (SSSR count). The van der Waals surface area contributed by atoms with Gasteiger partial charge in [-0.2, -0.15) is 5.10 Å². The Bertz CT molecular complexity index is 1540. The molecule has 0 aliphatic carbocycles. The molecule has 0 unspecified atom stereocenters. The van der Waals surface area contributed by atoms with Gasteiger partial charge in [-0.15, -0.1) is 13.2 Å². The average molecular weight is 515 g/mol. The molecular formula is C24H21F3N6O4. The number of methoxy groups -OCH3 is 1. The molecule has 1 aromatic carbocycles. The number of carbonyl (C=O) groups excluding carboxylic acids is 2. The number of nitrogens with zero attached hydrogens (tertiary/aromatic N) is 4. The standard InChI is InChI=1S/C24H21F3N6O4/c1-13-21(17-8-9-20-31-19(30-14(2)34)12-33(20)32-17)22(36-3)16(11-28-13)23(35)29-10-15-6-4-5-7-18(15)37-24(25,26)27/h4-9,11-12H,10H2,1-3H3,(H,29,35)(H,30,34)/i11D. The van der Waals surface area contributed by atoms with Gasteiger partial charge in [0, 0.05) is 25.2 Å². The number of rotatable bonds is 7. The van der Waals surface area contributed by atoms with Gasteiger partial charge in [0.15, 0.2) is 11.5 Å². The smallest absolute Gasteiger partial charge is 0.495 e. The van der Waals surface area contributed by atoms with E-state index in [1.165, 1.54) is 42.9 Å². The minimum absolute atomic E-state index is 0.00822. The van der Waals surface area contributed by atoms with Crippen LogP contribution in [-0.2, 0) is 11.3 Å². The molecule has 37 heavy (non-hydrogen) atoms. The highest BCUT2D eigenvalue weighted by atomic mass is 19.4. The van der Waals surface area contributed by atoms with E-state index in [-0.39, 0.29) is 29.3 Å². The third-order valence-electron chi connectivity index (χ3n) is 5.10. The Morgan fingerprint density at radius 1 is 1.19 bits per heavy atom. The van der Waals surface area contributed by atoms with Crippen molar-refractivity contribution in [3.05, 3.63) is 65.6 Å². The normalized spacial score (nSPS) is 11.7. The number of carbonyl (C=O) groups is 2. The maximum absolute atomic E-state index is 13.1. The molecule has 0 fully saturated rings. The van der Waals surface area contributed by atoms with Gasteiger partial charge in [0.2, 0.25) is 5.91 Å². The van der Waals surface area contributed by atoms with Crippen molar-refractivity contribution < 1.29 is 33.6 Å². The molecule has 3 heterocycles. The fraction of sp³-hybridized carbons (Fsp3) is 0.208. The lowest BCUT2D eigenvalue weighted by atomic mass is 10.0. The number of nitrogens with one attached hydrogen (secondary N) is 2. The maximum Gasteiger partial charge on any atom is 0.573 e. The number of aryl methyl sites for hydroxylation is 1. The highest BCUT2D eigenvalue weighted by Gasteiger charge is 2.32. The maximum atomic E-state index is 13.1. The van der Waals surface area contributed by atoms with Crippen molar-refractivity contribution in [2.24, 2.45) is 0 Å². The number of halogens is 3. The molecule has 13 heteroatoms. The molecule has 2 amide bonds. The number of hydrogen-bond acceptors (Lipinski definition) is 7. The van der Waals surface area contributed by atoms with E-state index in [1.54, 1.807) is 19.1 Å². The van der Waals surface area contributed by atoms with Crippen LogP contribution in [0.5, 0.6) is 11.5 Å². The summed E-state index contributed by atoms with van der Waals surface area (Å²) in [4.78, 5) is 32.9. The zero-order chi connectivity index (χ0) is 27.6. The highest BCUT2D eigenvalue weighted by molar-refractivity contribution is 5.99. The van der Waals surface area contributed by atoms with Gasteiger partial charge in [0.25, 0.3) is 5.91 Å². The number of aromatic nitrogens is 4. The highest BCUT2D eigenvalue weighted by Crippen LogP contribution is 2.34. The number of para-hydroxylation sites is 1. The summed E-state index contributed by atoms with van der Waals surface area (Å²) in [5, 5.41) is 9.55. The fourth-order valence-corrected chi connectivity index (χ4v) is 3.59. The van der Waals surface area contributed by atoms with E-state index in [4.69, 9.17) is 6.11 Å². The third-order valence-corrected chi connectivity index (χ3v) is 5.10. The molecule has 0 aliphatic rings. The first-order valence-electron chi connectivity index (χ1n) is 11.3. The summed E-state index contributed by atoms with van der Waals surface area (Å²) in [5.74, 6) is -1.25. The van der Waals surface area contributed by atoms with Crippen LogP contribution in [0.1, 0.15) is 29.9 Å². The van der Waals surface area contributed by atoms with Crippen molar-refractivity contribution in [1.29, 1.82) is 0 Å². The number of imidazole rings is 1. The van der Waals surface area contributed by atoms with E-state index < -0.39 is 24.2 Å². The van der Waals surface area contributed by atoms with E-state index in [9.17, 15) is 22.8 Å². The van der Waals surface area contributed by atoms with E-state index in [0.29, 0.717) is 28.4 Å². The molecule has 192 valence electrons. The number of ether oxygens (including phenoxy) is 2. The zero-order valence-electron chi connectivity index (χ0n) is 20.8. The lowest BCUT2D eigenvalue weighted by Gasteiger charge is -2.16. The molecular weight excluding hydrogens is 493 g/mol. The first-order chi connectivity index (χ1) is 18.0. The topological polar surface area (TPSA) is 120 Å². The van der Waals surface area contributed by atoms with Crippen molar-refractivity contribution >= 4 is 23.3 Å². The van der Waals surface area contributed by atoms with E-state index in [1.807, 2.05) is 0 Å². The largest absolute Gasteiger partial charge is 0.573 e. The lowest BCUT2D eigenvalue weighted by molar-refractivity contribution is -0.274. The van der Waals surface area contributed by atoms with Crippen LogP contribution in [0.15, 0.2) is 48.8 Å². The van der Waals surface area contributed by atoms with Gasteiger partial charge in [-0.05, 0) is 25.1 Å². The van der Waals surface area contributed by atoms with Gasteiger partial charge < -0.3 is 20.1 Å². The molecule has 0 spiro atoms. The molecule has 3 aromatic heterocycles. The summed E-state index contributed by atoms with van der Waals surface area (Å²) in [6.45, 7) is 2.65. The minimum atomic E-state index is -4.90. The van der Waals surface area contributed by atoms with Gasteiger partial charge in [-0.1, -0.05) is 18.2 Å². The van der Waals surface area contributed by atoms with Gasteiger partial charge in [0.1, 0.15) is 17.1 Å². The molecule has 0 aliphatic heterocycles. The molecule has 0 bridgehead atoms. The number of anilines is 1. The Morgan fingerprint density at radius 2 is 1.95 bits per heavy atom. The summed E-state index contributed by atoms with van der Waals surface area (Å²) in [7, 11) is 1.31. The molecule has 4 aromatic rings. The van der Waals surface area contributed by atoms with Crippen LogP contribution in [0.3, 0.4) is 0 Å². The number of amides is 2. The van der Waals surface area contributed by atoms with Crippen LogP contribution in [0.2, 0.25) is 0 Å². The van der Waals surface area contributed by atoms with Gasteiger partial charge in [-0.3, -0.25) is 14.6 Å². The number of benzene rings is 1. The van der Waals surface area contributed by atoms with Crippen molar-refractivity contribution in [3.8, 4) is 22.8 Å². The molecule has 0 atom stereocenters. The number of fused-ring (bicyclic) bond motifs is 1. The molecule has 0 saturated heterocycles. The minimum Gasteiger partial charge on any atom is -0.495 e. The summed E-state index contributed by atoms with van der Waals surface area (Å²) in [6.07, 6.45) is -3.79. The summed E-state index contributed by atoms with van der Waals surface area (Å²) < 4.78 is 57.5. The number of hydrogen-bond donors (Lipinski definition) is 2. The molecule has 0 radical (unpaired) electrons. The molecule has 2 N–H and O–H groups in total. The summed E-state index contributed by atoms with van der Waals surface area (Å²) in [6, 6.07) is 8.63. The Kier molecular flexibility index (Phi) is 6.58. The third kappa shape index (κ3) is 5.77. The Morgan fingerprint density at radius 3 is 2.65 bits per heavy atom. The quantitative estimate of drug-likeness (QED) is 0.383. The number of alkyl halides is 3. The summed E-state index contributed by atoms with van der Waals surface area (Å²) >= 11 is 0. The van der Waals surface area contributed by atoms with Crippen molar-refractivity contribution in [3.63, 3.8) is 0 Å².